The minimum Gasteiger partial charge on any atom is -0.503 e. The summed E-state index contributed by atoms with van der Waals surface area (Å²) < 4.78 is 238. The van der Waals surface area contributed by atoms with Gasteiger partial charge in [-0.25, -0.2) is 54.5 Å². The number of nitriles is 3. The zero-order valence-corrected chi connectivity index (χ0v) is 29.8. The molecule has 0 bridgehead atoms. The topological polar surface area (TPSA) is 148 Å². The van der Waals surface area contributed by atoms with Crippen molar-refractivity contribution in [3.05, 3.63) is 161 Å². The molecule has 0 fully saturated rings. The number of phenols is 2. The number of benzene rings is 5. The highest BCUT2D eigenvalue weighted by molar-refractivity contribution is 5.80. The zero-order chi connectivity index (χ0) is 49.7. The molecule has 0 saturated carbocycles. The van der Waals surface area contributed by atoms with Crippen LogP contribution in [0.4, 0.5) is 97.4 Å². The van der Waals surface area contributed by atoms with Crippen LogP contribution >= 0.6 is 0 Å². The third-order valence-corrected chi connectivity index (χ3v) is 7.38. The predicted molar refractivity (Wildman–Crippen MR) is 174 cm³/mol. The summed E-state index contributed by atoms with van der Waals surface area (Å²) in [5, 5.41) is 43.4. The molecule has 11 nitrogen and oxygen atoms in total. The number of hydrogen-bond donors (Lipinski definition) is 2. The molecule has 328 valence electrons. The first-order valence-corrected chi connectivity index (χ1v) is 15.2. The van der Waals surface area contributed by atoms with Gasteiger partial charge >= 0.3 is 0 Å². The molecule has 0 atom stereocenters. The summed E-state index contributed by atoms with van der Waals surface area (Å²) >= 11 is 0. The van der Waals surface area contributed by atoms with Gasteiger partial charge in [0.15, 0.2) is 63.8 Å². The average molecular weight is 931 g/mol. The summed E-state index contributed by atoms with van der Waals surface area (Å²) in [4.78, 5) is 9.99. The molecule has 65 heavy (non-hydrogen) atoms. The molecular weight excluding hydrogens is 929 g/mol. The smallest absolute Gasteiger partial charge is 0.235 e. The second-order valence-electron chi connectivity index (χ2n) is 10.9. The van der Waals surface area contributed by atoms with E-state index in [4.69, 9.17) is 52.3 Å². The highest BCUT2D eigenvalue weighted by Crippen LogP contribution is 2.47. The molecule has 2 N–H and O–H groups in total. The van der Waals surface area contributed by atoms with Gasteiger partial charge in [-0.3, -0.25) is 0 Å². The molecule has 0 aliphatic carbocycles. The standard InChI is InChI=1S/C23F9N5O2.C8F4N2.C6H2F4O2/c1-36-18-8(5-35)11(26)21(17(32)19(18)37-2)39-23-15(30)13(28)22(14(29)16(23)31)38-20-10(25)7(4-34)6(3-33)9(24)12(20)27;1-13-7-5(11)3(9)4(10)6(12)8(7)14-2;7-1-2(8)6(12)4(10)3(9)5(1)11/h;;11-12H. The lowest BCUT2D eigenvalue weighted by atomic mass is 10.1. The largest absolute Gasteiger partial charge is 0.503 e. The summed E-state index contributed by atoms with van der Waals surface area (Å²) in [7, 11) is 0. The van der Waals surface area contributed by atoms with E-state index in [0.717, 1.165) is 18.2 Å². The van der Waals surface area contributed by atoms with Gasteiger partial charge in [-0.1, -0.05) is 0 Å². The van der Waals surface area contributed by atoms with Crippen LogP contribution < -0.4 is 9.47 Å². The molecular formula is C37H2F17N7O4. The third kappa shape index (κ3) is 8.57. The zero-order valence-electron chi connectivity index (χ0n) is 29.8. The number of ether oxygens (including phenoxy) is 2. The van der Waals surface area contributed by atoms with Crippen molar-refractivity contribution in [2.75, 3.05) is 0 Å². The van der Waals surface area contributed by atoms with Gasteiger partial charge < -0.3 is 19.7 Å². The monoisotopic (exact) mass is 931 g/mol. The number of rotatable bonds is 4. The van der Waals surface area contributed by atoms with E-state index in [2.05, 4.69) is 28.9 Å². The van der Waals surface area contributed by atoms with Crippen LogP contribution in [0.15, 0.2) is 0 Å². The quantitative estimate of drug-likeness (QED) is 0.0599. The molecule has 0 radical (unpaired) electrons. The van der Waals surface area contributed by atoms with Crippen molar-refractivity contribution < 1.29 is 94.3 Å². The second-order valence-corrected chi connectivity index (χ2v) is 10.9. The minimum atomic E-state index is -2.66. The van der Waals surface area contributed by atoms with E-state index < -0.39 is 173 Å². The van der Waals surface area contributed by atoms with Crippen molar-refractivity contribution in [1.82, 2.24) is 0 Å². The first kappa shape index (κ1) is 49.9. The Bertz CT molecular complexity index is 2990. The normalized spacial score (nSPS) is 9.94. The molecule has 5 aromatic carbocycles. The Kier molecular flexibility index (Phi) is 15.0. The maximum atomic E-state index is 14.6. The van der Waals surface area contributed by atoms with Crippen LogP contribution in [0.25, 0.3) is 19.4 Å². The lowest BCUT2D eigenvalue weighted by molar-refractivity contribution is 0.306. The number of halogens is 17. The third-order valence-electron chi connectivity index (χ3n) is 7.38. The Labute approximate surface area is 346 Å². The minimum absolute atomic E-state index is 0.958. The van der Waals surface area contributed by atoms with E-state index in [-0.39, 0.29) is 0 Å². The fraction of sp³-hybridized carbons (Fsp3) is 0. The molecule has 0 unspecified atom stereocenters. The van der Waals surface area contributed by atoms with E-state index in [9.17, 15) is 74.6 Å². The van der Waals surface area contributed by atoms with E-state index >= 15 is 0 Å². The van der Waals surface area contributed by atoms with Crippen LogP contribution in [0, 0.1) is 159 Å². The van der Waals surface area contributed by atoms with E-state index in [1.807, 2.05) is 0 Å². The van der Waals surface area contributed by atoms with Crippen molar-refractivity contribution in [2.24, 2.45) is 0 Å². The molecule has 0 aliphatic heterocycles. The Morgan fingerprint density at radius 2 is 0.554 bits per heavy atom. The number of phenolic OH excluding ortho intramolecular Hbond substituents is 2. The molecule has 28 heteroatoms. The van der Waals surface area contributed by atoms with Crippen molar-refractivity contribution in [2.45, 2.75) is 0 Å². The summed E-state index contributed by atoms with van der Waals surface area (Å²) in [6.07, 6.45) is 0. The predicted octanol–water partition coefficient (Wildman–Crippen LogP) is 12.2. The van der Waals surface area contributed by atoms with Crippen LogP contribution in [-0.2, 0) is 0 Å². The van der Waals surface area contributed by atoms with Gasteiger partial charge in [-0.05, 0) is 0 Å². The fourth-order valence-electron chi connectivity index (χ4n) is 4.38. The van der Waals surface area contributed by atoms with E-state index in [0.29, 0.717) is 0 Å². The van der Waals surface area contributed by atoms with Crippen LogP contribution in [0.3, 0.4) is 0 Å². The van der Waals surface area contributed by atoms with Gasteiger partial charge in [0.1, 0.15) is 23.3 Å². The van der Waals surface area contributed by atoms with E-state index in [1.165, 1.54) is 0 Å². The molecule has 0 aromatic heterocycles. The lowest BCUT2D eigenvalue weighted by Gasteiger charge is -2.16. The molecule has 0 aliphatic rings. The Morgan fingerprint density at radius 1 is 0.308 bits per heavy atom. The Balaban J connectivity index is 0.000000348. The van der Waals surface area contributed by atoms with Gasteiger partial charge in [0.25, 0.3) is 0 Å². The summed E-state index contributed by atoms with van der Waals surface area (Å²) in [6, 6.07) is 3.00. The summed E-state index contributed by atoms with van der Waals surface area (Å²) in [5.74, 6) is -49.7. The van der Waals surface area contributed by atoms with E-state index in [1.54, 1.807) is 0 Å². The molecule has 5 aromatic rings. The van der Waals surface area contributed by atoms with Gasteiger partial charge in [0, 0.05) is 0 Å². The first-order valence-electron chi connectivity index (χ1n) is 15.2. The number of hydrogen-bond acceptors (Lipinski definition) is 7. The molecule has 5 rings (SSSR count). The molecule has 0 amide bonds. The van der Waals surface area contributed by atoms with Crippen molar-refractivity contribution in [1.29, 1.82) is 15.8 Å². The molecule has 0 heterocycles. The van der Waals surface area contributed by atoms with Gasteiger partial charge in [-0.15, -0.1) is 0 Å². The average Bonchev–Trinajstić information content (AvgIpc) is 3.30. The molecule has 0 saturated heterocycles. The Morgan fingerprint density at radius 3 is 0.862 bits per heavy atom. The van der Waals surface area contributed by atoms with Gasteiger partial charge in [0.05, 0.1) is 37.9 Å². The van der Waals surface area contributed by atoms with Gasteiger partial charge in [-0.2, -0.15) is 55.3 Å². The number of nitrogens with zero attached hydrogens (tertiary/aromatic N) is 7. The lowest BCUT2D eigenvalue weighted by Crippen LogP contribution is -2.08. The number of aromatic hydroxyl groups is 2. The maximum absolute atomic E-state index is 14.6. The summed E-state index contributed by atoms with van der Waals surface area (Å²) in [6.45, 7) is 26.5. The highest BCUT2D eigenvalue weighted by atomic mass is 19.2. The van der Waals surface area contributed by atoms with Crippen LogP contribution in [-0.4, -0.2) is 10.2 Å². The van der Waals surface area contributed by atoms with Crippen LogP contribution in [0.5, 0.6) is 34.5 Å². The maximum Gasteiger partial charge on any atom is 0.235 e. The van der Waals surface area contributed by atoms with Crippen molar-refractivity contribution in [3.63, 3.8) is 0 Å². The van der Waals surface area contributed by atoms with Crippen LogP contribution in [0.2, 0.25) is 0 Å². The first-order chi connectivity index (χ1) is 30.4. The second kappa shape index (κ2) is 19.5. The SMILES string of the molecule is Oc1c(F)c(F)c(O)c(F)c1F.[C-]#[N+]c1c(F)c(F)c(F)c(F)c1[N+]#[C-].[C-]#[N+]c1c(F)c(Oc2c(F)c(F)c(Oc3c(F)c(F)c(C#N)c(C#N)c3F)c(F)c2F)c(F)c(C#N)c1[N+]#[C-]. The molecule has 0 spiro atoms. The van der Waals surface area contributed by atoms with Crippen LogP contribution in [0.1, 0.15) is 16.7 Å². The van der Waals surface area contributed by atoms with Crippen molar-refractivity contribution >= 4 is 22.7 Å². The van der Waals surface area contributed by atoms with Crippen molar-refractivity contribution in [3.8, 4) is 52.7 Å². The summed E-state index contributed by atoms with van der Waals surface area (Å²) in [5.41, 5.74) is -9.06. The Hall–Kier alpha value is -9.46. The fourth-order valence-corrected chi connectivity index (χ4v) is 4.38. The highest BCUT2D eigenvalue weighted by Gasteiger charge is 2.35. The van der Waals surface area contributed by atoms with Gasteiger partial charge in [0.2, 0.25) is 92.4 Å².